The van der Waals surface area contributed by atoms with Crippen molar-refractivity contribution in [3.8, 4) is 11.4 Å². The van der Waals surface area contributed by atoms with Gasteiger partial charge in [-0.25, -0.2) is 0 Å². The zero-order valence-electron chi connectivity index (χ0n) is 10.7. The summed E-state index contributed by atoms with van der Waals surface area (Å²) in [5.74, 6) is 0.417. The molecule has 0 saturated carbocycles. The first kappa shape index (κ1) is 14.1. The van der Waals surface area contributed by atoms with Gasteiger partial charge in [-0.1, -0.05) is 0 Å². The number of amides is 1. The molecule has 8 nitrogen and oxygen atoms in total. The number of aliphatic hydroxyl groups is 2. The third kappa shape index (κ3) is 4.11. The van der Waals surface area contributed by atoms with Crippen LogP contribution in [0.4, 0.5) is 5.95 Å². The molecular formula is C12H15N5O3. The molecule has 0 aromatic carbocycles. The van der Waals surface area contributed by atoms with Crippen molar-refractivity contribution in [1.82, 2.24) is 20.2 Å². The number of H-pyrrole nitrogens is 1. The van der Waals surface area contributed by atoms with E-state index in [1.165, 1.54) is 0 Å². The monoisotopic (exact) mass is 277 g/mol. The predicted octanol–water partition coefficient (Wildman–Crippen LogP) is 0.286. The Morgan fingerprint density at radius 2 is 2.30 bits per heavy atom. The number of hydrogen-bond acceptors (Lipinski definition) is 6. The highest BCUT2D eigenvalue weighted by molar-refractivity contribution is 5.89. The Hall–Kier alpha value is -2.32. The molecule has 106 valence electrons. The van der Waals surface area contributed by atoms with Crippen molar-refractivity contribution < 1.29 is 15.0 Å². The maximum absolute atomic E-state index is 11.6. The number of nitrogens with one attached hydrogen (secondary N) is 2. The second-order valence-corrected chi connectivity index (χ2v) is 4.17. The molecule has 0 aliphatic rings. The van der Waals surface area contributed by atoms with Crippen molar-refractivity contribution in [3.05, 3.63) is 24.5 Å². The number of aromatic amines is 1. The van der Waals surface area contributed by atoms with Crippen molar-refractivity contribution in [2.75, 3.05) is 5.32 Å². The SMILES string of the molecule is O=C(CCCC(O)O)Nc1n[nH]c(-c2cccnc2)n1. The van der Waals surface area contributed by atoms with Gasteiger partial charge in [-0.3, -0.25) is 20.2 Å². The second-order valence-electron chi connectivity index (χ2n) is 4.17. The van der Waals surface area contributed by atoms with Crippen molar-refractivity contribution in [2.24, 2.45) is 0 Å². The molecule has 0 spiro atoms. The highest BCUT2D eigenvalue weighted by atomic mass is 16.5. The van der Waals surface area contributed by atoms with E-state index in [2.05, 4.69) is 25.5 Å². The quantitative estimate of drug-likeness (QED) is 0.562. The second kappa shape index (κ2) is 6.73. The molecule has 2 aromatic heterocycles. The van der Waals surface area contributed by atoms with Crippen LogP contribution in [0.5, 0.6) is 0 Å². The lowest BCUT2D eigenvalue weighted by atomic mass is 10.2. The zero-order chi connectivity index (χ0) is 14.4. The number of hydrogen-bond donors (Lipinski definition) is 4. The van der Waals surface area contributed by atoms with Crippen LogP contribution in [-0.4, -0.2) is 42.6 Å². The van der Waals surface area contributed by atoms with Gasteiger partial charge < -0.3 is 10.2 Å². The summed E-state index contributed by atoms with van der Waals surface area (Å²) < 4.78 is 0. The van der Waals surface area contributed by atoms with E-state index in [9.17, 15) is 4.79 Å². The maximum Gasteiger partial charge on any atom is 0.249 e. The minimum Gasteiger partial charge on any atom is -0.368 e. The molecule has 0 aliphatic carbocycles. The molecule has 0 atom stereocenters. The molecule has 0 saturated heterocycles. The Bertz CT molecular complexity index is 555. The summed E-state index contributed by atoms with van der Waals surface area (Å²) >= 11 is 0. The van der Waals surface area contributed by atoms with Crippen molar-refractivity contribution in [2.45, 2.75) is 25.6 Å². The van der Waals surface area contributed by atoms with Gasteiger partial charge in [-0.2, -0.15) is 4.98 Å². The molecule has 0 fully saturated rings. The molecule has 0 bridgehead atoms. The van der Waals surface area contributed by atoms with Crippen LogP contribution in [0, 0.1) is 0 Å². The van der Waals surface area contributed by atoms with Gasteiger partial charge in [0.1, 0.15) is 0 Å². The summed E-state index contributed by atoms with van der Waals surface area (Å²) in [6.07, 6.45) is 2.61. The predicted molar refractivity (Wildman–Crippen MR) is 70.3 cm³/mol. The van der Waals surface area contributed by atoms with E-state index < -0.39 is 6.29 Å². The number of aliphatic hydroxyl groups excluding tert-OH is 1. The minimum absolute atomic E-state index is 0.155. The summed E-state index contributed by atoms with van der Waals surface area (Å²) in [7, 11) is 0. The first-order valence-electron chi connectivity index (χ1n) is 6.14. The fourth-order valence-corrected chi connectivity index (χ4v) is 1.58. The number of nitrogens with zero attached hydrogens (tertiary/aromatic N) is 3. The van der Waals surface area contributed by atoms with E-state index >= 15 is 0 Å². The Morgan fingerprint density at radius 3 is 3.00 bits per heavy atom. The van der Waals surface area contributed by atoms with E-state index in [0.29, 0.717) is 12.2 Å². The summed E-state index contributed by atoms with van der Waals surface area (Å²) in [5, 5.41) is 26.5. The van der Waals surface area contributed by atoms with Gasteiger partial charge in [0, 0.05) is 24.4 Å². The van der Waals surface area contributed by atoms with Crippen LogP contribution in [0.3, 0.4) is 0 Å². The highest BCUT2D eigenvalue weighted by Gasteiger charge is 2.09. The van der Waals surface area contributed by atoms with Gasteiger partial charge in [0.15, 0.2) is 12.1 Å². The van der Waals surface area contributed by atoms with Crippen LogP contribution < -0.4 is 5.32 Å². The molecule has 0 radical (unpaired) electrons. The van der Waals surface area contributed by atoms with Crippen molar-refractivity contribution in [3.63, 3.8) is 0 Å². The molecule has 1 amide bonds. The Kier molecular flexibility index (Phi) is 4.75. The number of carbonyl (C=O) groups excluding carboxylic acids is 1. The molecule has 0 aliphatic heterocycles. The normalized spacial score (nSPS) is 10.8. The molecule has 20 heavy (non-hydrogen) atoms. The number of rotatable bonds is 6. The molecule has 0 unspecified atom stereocenters. The first-order valence-corrected chi connectivity index (χ1v) is 6.14. The topological polar surface area (TPSA) is 124 Å². The van der Waals surface area contributed by atoms with E-state index in [1.807, 2.05) is 6.07 Å². The van der Waals surface area contributed by atoms with Crippen LogP contribution in [0.15, 0.2) is 24.5 Å². The van der Waals surface area contributed by atoms with Crippen LogP contribution in [0.25, 0.3) is 11.4 Å². The largest absolute Gasteiger partial charge is 0.368 e. The summed E-state index contributed by atoms with van der Waals surface area (Å²) in [4.78, 5) is 19.7. The van der Waals surface area contributed by atoms with E-state index in [-0.39, 0.29) is 24.7 Å². The third-order valence-electron chi connectivity index (χ3n) is 2.54. The van der Waals surface area contributed by atoms with E-state index in [0.717, 1.165) is 5.56 Å². The van der Waals surface area contributed by atoms with Gasteiger partial charge in [0.05, 0.1) is 0 Å². The number of pyridine rings is 1. The minimum atomic E-state index is -1.39. The molecule has 4 N–H and O–H groups in total. The van der Waals surface area contributed by atoms with Gasteiger partial charge in [0.2, 0.25) is 11.9 Å². The lowest BCUT2D eigenvalue weighted by Gasteiger charge is -2.02. The molecule has 8 heteroatoms. The molecule has 2 rings (SSSR count). The summed E-state index contributed by atoms with van der Waals surface area (Å²) in [6, 6.07) is 3.60. The number of carbonyl (C=O) groups is 1. The average Bonchev–Trinajstić information content (AvgIpc) is 2.88. The maximum atomic E-state index is 11.6. The third-order valence-corrected chi connectivity index (χ3v) is 2.54. The molecule has 2 heterocycles. The molecular weight excluding hydrogens is 262 g/mol. The summed E-state index contributed by atoms with van der Waals surface area (Å²) in [6.45, 7) is 0. The fraction of sp³-hybridized carbons (Fsp3) is 0.333. The lowest BCUT2D eigenvalue weighted by molar-refractivity contribution is -0.116. The lowest BCUT2D eigenvalue weighted by Crippen LogP contribution is -2.13. The van der Waals surface area contributed by atoms with Gasteiger partial charge in [0.25, 0.3) is 0 Å². The standard InChI is InChI=1S/C12H15N5O3/c18-9(4-1-5-10(19)20)14-12-15-11(16-17-12)8-3-2-6-13-7-8/h2-3,6-7,10,19-20H,1,4-5H2,(H2,14,15,16,17,18). The van der Waals surface area contributed by atoms with Gasteiger partial charge in [-0.15, -0.1) is 5.10 Å². The van der Waals surface area contributed by atoms with E-state index in [1.54, 1.807) is 18.5 Å². The number of anilines is 1. The van der Waals surface area contributed by atoms with Gasteiger partial charge >= 0.3 is 0 Å². The van der Waals surface area contributed by atoms with Crippen LogP contribution in [0.1, 0.15) is 19.3 Å². The van der Waals surface area contributed by atoms with Crippen molar-refractivity contribution >= 4 is 11.9 Å². The average molecular weight is 277 g/mol. The smallest absolute Gasteiger partial charge is 0.249 e. The summed E-state index contributed by atoms with van der Waals surface area (Å²) in [5.41, 5.74) is 0.768. The Morgan fingerprint density at radius 1 is 1.45 bits per heavy atom. The van der Waals surface area contributed by atoms with Crippen LogP contribution >= 0.6 is 0 Å². The first-order chi connectivity index (χ1) is 9.65. The van der Waals surface area contributed by atoms with Crippen LogP contribution in [0.2, 0.25) is 0 Å². The Balaban J connectivity index is 1.88. The highest BCUT2D eigenvalue weighted by Crippen LogP contribution is 2.13. The molecule has 2 aromatic rings. The van der Waals surface area contributed by atoms with E-state index in [4.69, 9.17) is 10.2 Å². The Labute approximate surface area is 114 Å². The van der Waals surface area contributed by atoms with Crippen molar-refractivity contribution in [1.29, 1.82) is 0 Å². The number of aromatic nitrogens is 4. The zero-order valence-corrected chi connectivity index (χ0v) is 10.7. The fourth-order valence-electron chi connectivity index (χ4n) is 1.58. The van der Waals surface area contributed by atoms with Crippen LogP contribution in [-0.2, 0) is 4.79 Å². The van der Waals surface area contributed by atoms with Gasteiger partial charge in [-0.05, 0) is 25.0 Å².